The predicted molar refractivity (Wildman–Crippen MR) is 106 cm³/mol. The summed E-state index contributed by atoms with van der Waals surface area (Å²) in [4.78, 5) is 14.3. The number of ether oxygens (including phenoxy) is 1. The van der Waals surface area contributed by atoms with Crippen LogP contribution in [0, 0.1) is 0 Å². The molecule has 0 bridgehead atoms. The van der Waals surface area contributed by atoms with E-state index in [0.717, 1.165) is 27.1 Å². The number of aromatic hydroxyl groups is 1. The second-order valence-corrected chi connectivity index (χ2v) is 7.37. The van der Waals surface area contributed by atoms with Gasteiger partial charge in [0, 0.05) is 29.4 Å². The first-order valence-electron chi connectivity index (χ1n) is 8.47. The second-order valence-electron chi connectivity index (χ2n) is 6.45. The van der Waals surface area contributed by atoms with E-state index in [1.807, 2.05) is 36.5 Å². The molecule has 0 spiro atoms. The lowest BCUT2D eigenvalue weighted by Crippen LogP contribution is -2.34. The van der Waals surface area contributed by atoms with Gasteiger partial charge in [-0.3, -0.25) is 9.69 Å². The zero-order chi connectivity index (χ0) is 19.1. The van der Waals surface area contributed by atoms with E-state index < -0.39 is 0 Å². The summed E-state index contributed by atoms with van der Waals surface area (Å²) in [6, 6.07) is 13.0. The van der Waals surface area contributed by atoms with Gasteiger partial charge in [-0.2, -0.15) is 5.10 Å². The maximum atomic E-state index is 12.7. The Balaban J connectivity index is 1.84. The van der Waals surface area contributed by atoms with E-state index in [0.29, 0.717) is 12.2 Å². The monoisotopic (exact) mass is 427 g/mol. The number of hydrogen-bond donors (Lipinski definition) is 1. The highest BCUT2D eigenvalue weighted by Crippen LogP contribution is 2.42. The van der Waals surface area contributed by atoms with E-state index in [1.165, 1.54) is 7.11 Å². The molecule has 0 radical (unpaired) electrons. The lowest BCUT2D eigenvalue weighted by molar-refractivity contribution is -0.118. The zero-order valence-electron chi connectivity index (χ0n) is 14.9. The number of halogens is 1. The summed E-state index contributed by atoms with van der Waals surface area (Å²) in [5, 5.41) is 14.4. The highest BCUT2D eigenvalue weighted by molar-refractivity contribution is 9.10. The van der Waals surface area contributed by atoms with Gasteiger partial charge in [-0.05, 0) is 42.0 Å². The Labute approximate surface area is 165 Å². The van der Waals surface area contributed by atoms with Crippen molar-refractivity contribution in [3.63, 3.8) is 0 Å². The first-order chi connectivity index (χ1) is 13.0. The Morgan fingerprint density at radius 2 is 1.96 bits per heavy atom. The lowest BCUT2D eigenvalue weighted by Gasteiger charge is -2.30. The molecule has 1 aliphatic heterocycles. The number of phenolic OH excluding ortho intramolecular Hbond substituents is 1. The van der Waals surface area contributed by atoms with Crippen LogP contribution in [0.15, 0.2) is 53.1 Å². The van der Waals surface area contributed by atoms with Crippen molar-refractivity contribution in [1.29, 1.82) is 0 Å². The maximum Gasteiger partial charge on any atom is 0.228 e. The van der Waals surface area contributed by atoms with Crippen molar-refractivity contribution in [1.82, 2.24) is 9.78 Å². The third-order valence-electron chi connectivity index (χ3n) is 4.89. The predicted octanol–water partition coefficient (Wildman–Crippen LogP) is 3.85. The highest BCUT2D eigenvalue weighted by Gasteiger charge is 2.34. The fraction of sp³-hybridized carbons (Fsp3) is 0.200. The molecule has 2 heterocycles. The molecule has 2 aromatic carbocycles. The lowest BCUT2D eigenvalue weighted by atomic mass is 9.86. The van der Waals surface area contributed by atoms with Gasteiger partial charge in [0.25, 0.3) is 0 Å². The summed E-state index contributed by atoms with van der Waals surface area (Å²) in [6.07, 6.45) is 2.15. The molecule has 4 rings (SSSR count). The number of fused-ring (bicyclic) bond motifs is 1. The van der Waals surface area contributed by atoms with Gasteiger partial charge in [-0.25, -0.2) is 4.68 Å². The SMILES string of the molecule is COc1cc(C2CC(=O)N(C)c3c2cnn3-c2ccc(Br)cc2)ccc1O. The summed E-state index contributed by atoms with van der Waals surface area (Å²) >= 11 is 3.44. The Kier molecular flexibility index (Phi) is 4.39. The minimum Gasteiger partial charge on any atom is -0.504 e. The molecule has 6 nitrogen and oxygen atoms in total. The van der Waals surface area contributed by atoms with Gasteiger partial charge in [-0.1, -0.05) is 22.0 Å². The summed E-state index contributed by atoms with van der Waals surface area (Å²) in [6.45, 7) is 0. The van der Waals surface area contributed by atoms with E-state index >= 15 is 0 Å². The summed E-state index contributed by atoms with van der Waals surface area (Å²) < 4.78 is 7.99. The van der Waals surface area contributed by atoms with Crippen molar-refractivity contribution in [3.8, 4) is 17.2 Å². The number of anilines is 1. The van der Waals surface area contributed by atoms with E-state index in [9.17, 15) is 9.90 Å². The van der Waals surface area contributed by atoms with Gasteiger partial charge >= 0.3 is 0 Å². The molecule has 138 valence electrons. The minimum atomic E-state index is -0.151. The first-order valence-corrected chi connectivity index (χ1v) is 9.26. The minimum absolute atomic E-state index is 0.0124. The molecule has 7 heteroatoms. The van der Waals surface area contributed by atoms with Gasteiger partial charge in [0.1, 0.15) is 5.82 Å². The van der Waals surface area contributed by atoms with Crippen molar-refractivity contribution >= 4 is 27.7 Å². The first kappa shape index (κ1) is 17.6. The normalized spacial score (nSPS) is 16.3. The van der Waals surface area contributed by atoms with Crippen LogP contribution in [0.3, 0.4) is 0 Å². The van der Waals surface area contributed by atoms with Crippen molar-refractivity contribution in [2.45, 2.75) is 12.3 Å². The molecule has 1 atom stereocenters. The molecule has 27 heavy (non-hydrogen) atoms. The van der Waals surface area contributed by atoms with Crippen LogP contribution in [0.4, 0.5) is 5.82 Å². The standard InChI is InChI=1S/C20H18BrN3O3/c1-23-19(26)10-15(12-3-8-17(25)18(9-12)27-2)16-11-22-24(20(16)23)14-6-4-13(21)5-7-14/h3-9,11,15,25H,10H2,1-2H3. The van der Waals surface area contributed by atoms with E-state index in [2.05, 4.69) is 21.0 Å². The summed E-state index contributed by atoms with van der Waals surface area (Å²) in [7, 11) is 3.28. The molecule has 3 aromatic rings. The largest absolute Gasteiger partial charge is 0.504 e. The second kappa shape index (κ2) is 6.74. The van der Waals surface area contributed by atoms with E-state index in [4.69, 9.17) is 4.74 Å². The quantitative estimate of drug-likeness (QED) is 0.689. The van der Waals surface area contributed by atoms with Gasteiger partial charge in [0.2, 0.25) is 5.91 Å². The number of phenols is 1. The molecule has 1 N–H and O–H groups in total. The van der Waals surface area contributed by atoms with E-state index in [-0.39, 0.29) is 17.6 Å². The van der Waals surface area contributed by atoms with Crippen LogP contribution >= 0.6 is 15.9 Å². The average Bonchev–Trinajstić information content (AvgIpc) is 3.11. The molecular weight excluding hydrogens is 410 g/mol. The van der Waals surface area contributed by atoms with Gasteiger partial charge in [0.15, 0.2) is 11.5 Å². The van der Waals surface area contributed by atoms with Crippen molar-refractivity contribution in [2.24, 2.45) is 0 Å². The highest BCUT2D eigenvalue weighted by atomic mass is 79.9. The van der Waals surface area contributed by atoms with Crippen LogP contribution in [0.25, 0.3) is 5.69 Å². The maximum absolute atomic E-state index is 12.7. The Morgan fingerprint density at radius 3 is 2.67 bits per heavy atom. The van der Waals surface area contributed by atoms with Gasteiger partial charge < -0.3 is 9.84 Å². The fourth-order valence-corrected chi connectivity index (χ4v) is 3.72. The Hall–Kier alpha value is -2.80. The number of methoxy groups -OCH3 is 1. The number of aromatic nitrogens is 2. The number of hydrogen-bond acceptors (Lipinski definition) is 4. The van der Waals surface area contributed by atoms with Crippen LogP contribution in [0.2, 0.25) is 0 Å². The van der Waals surface area contributed by atoms with Crippen molar-refractivity contribution < 1.29 is 14.6 Å². The molecule has 0 saturated heterocycles. The smallest absolute Gasteiger partial charge is 0.228 e. The zero-order valence-corrected chi connectivity index (χ0v) is 16.5. The average molecular weight is 428 g/mol. The number of benzene rings is 2. The number of carbonyl (C=O) groups is 1. The number of carbonyl (C=O) groups excluding carboxylic acids is 1. The van der Waals surface area contributed by atoms with Crippen LogP contribution < -0.4 is 9.64 Å². The van der Waals surface area contributed by atoms with Gasteiger partial charge in [0.05, 0.1) is 19.0 Å². The molecule has 1 aliphatic rings. The number of rotatable bonds is 3. The third-order valence-corrected chi connectivity index (χ3v) is 5.42. The van der Waals surface area contributed by atoms with Gasteiger partial charge in [-0.15, -0.1) is 0 Å². The summed E-state index contributed by atoms with van der Waals surface area (Å²) in [5.74, 6) is 1.08. The van der Waals surface area contributed by atoms with Crippen molar-refractivity contribution in [3.05, 3.63) is 64.3 Å². The Bertz CT molecular complexity index is 1010. The van der Waals surface area contributed by atoms with Crippen LogP contribution in [0.5, 0.6) is 11.5 Å². The molecule has 0 saturated carbocycles. The molecular formula is C20H18BrN3O3. The molecule has 1 aromatic heterocycles. The number of amides is 1. The molecule has 0 fully saturated rings. The topological polar surface area (TPSA) is 67.6 Å². The fourth-order valence-electron chi connectivity index (χ4n) is 3.46. The summed E-state index contributed by atoms with van der Waals surface area (Å²) in [5.41, 5.74) is 2.75. The van der Waals surface area contributed by atoms with Crippen LogP contribution in [-0.4, -0.2) is 35.0 Å². The number of nitrogens with zero attached hydrogens (tertiary/aromatic N) is 3. The van der Waals surface area contributed by atoms with Crippen LogP contribution in [0.1, 0.15) is 23.5 Å². The molecule has 0 aliphatic carbocycles. The molecule has 1 unspecified atom stereocenters. The van der Waals surface area contributed by atoms with Crippen LogP contribution in [-0.2, 0) is 4.79 Å². The van der Waals surface area contributed by atoms with E-state index in [1.54, 1.807) is 28.8 Å². The van der Waals surface area contributed by atoms with Crippen molar-refractivity contribution in [2.75, 3.05) is 19.1 Å². The Morgan fingerprint density at radius 1 is 1.22 bits per heavy atom. The molecule has 1 amide bonds. The third kappa shape index (κ3) is 2.98.